The van der Waals surface area contributed by atoms with E-state index in [2.05, 4.69) is 34.3 Å². The van der Waals surface area contributed by atoms with Gasteiger partial charge in [0.1, 0.15) is 5.75 Å². The molecule has 2 aromatic rings. The number of hydrogen-bond donors (Lipinski definition) is 1. The molecular weight excluding hydrogens is 310 g/mol. The van der Waals surface area contributed by atoms with E-state index in [4.69, 9.17) is 10.5 Å². The molecule has 0 radical (unpaired) electrons. The smallest absolute Gasteiger partial charge is 0.119 e. The average molecular weight is 326 g/mol. The minimum absolute atomic E-state index is 0.390. The van der Waals surface area contributed by atoms with Gasteiger partial charge in [0.25, 0.3) is 0 Å². The molecule has 2 N–H and O–H groups in total. The number of thiophene rings is 1. The molecule has 0 fully saturated rings. The van der Waals surface area contributed by atoms with Gasteiger partial charge in [0.2, 0.25) is 0 Å². The topological polar surface area (TPSA) is 35.2 Å². The molecule has 0 spiro atoms. The Morgan fingerprint density at radius 2 is 2.17 bits per heavy atom. The maximum absolute atomic E-state index is 6.44. The van der Waals surface area contributed by atoms with Crippen molar-refractivity contribution in [2.75, 3.05) is 7.11 Å². The number of ether oxygens (including phenoxy) is 1. The second-order valence-corrected chi connectivity index (χ2v) is 6.47. The number of rotatable bonds is 4. The van der Waals surface area contributed by atoms with E-state index in [9.17, 15) is 0 Å². The molecule has 0 saturated carbocycles. The molecule has 1 unspecified atom stereocenters. The van der Waals surface area contributed by atoms with Crippen molar-refractivity contribution >= 4 is 27.3 Å². The Bertz CT molecular complexity index is 536. The molecule has 2 nitrogen and oxygen atoms in total. The van der Waals surface area contributed by atoms with Gasteiger partial charge in [-0.15, -0.1) is 11.3 Å². The lowest BCUT2D eigenvalue weighted by atomic mass is 9.89. The van der Waals surface area contributed by atoms with E-state index in [0.29, 0.717) is 0 Å². The first-order valence-electron chi connectivity index (χ1n) is 5.67. The average Bonchev–Trinajstić information content (AvgIpc) is 2.74. The van der Waals surface area contributed by atoms with Gasteiger partial charge in [-0.25, -0.2) is 0 Å². The third-order valence-corrected chi connectivity index (χ3v) is 4.59. The van der Waals surface area contributed by atoms with Gasteiger partial charge >= 0.3 is 0 Å². The lowest BCUT2D eigenvalue weighted by molar-refractivity contribution is 0.410. The summed E-state index contributed by atoms with van der Waals surface area (Å²) in [5.41, 5.74) is 7.14. The molecule has 0 aliphatic rings. The summed E-state index contributed by atoms with van der Waals surface area (Å²) in [4.78, 5) is 1.27. The van der Waals surface area contributed by atoms with Gasteiger partial charge in [-0.1, -0.05) is 12.1 Å². The van der Waals surface area contributed by atoms with Crippen LogP contribution in [0, 0.1) is 0 Å². The van der Waals surface area contributed by atoms with Crippen LogP contribution in [0.2, 0.25) is 0 Å². The summed E-state index contributed by atoms with van der Waals surface area (Å²) in [6, 6.07) is 10.1. The SMILES string of the molecule is COc1cccc(C(C)(N)Cc2cc(Br)cs2)c1. The maximum Gasteiger partial charge on any atom is 0.119 e. The van der Waals surface area contributed by atoms with Crippen LogP contribution in [0.1, 0.15) is 17.4 Å². The zero-order valence-electron chi connectivity index (χ0n) is 10.4. The van der Waals surface area contributed by atoms with E-state index in [1.807, 2.05) is 24.3 Å². The molecule has 0 bridgehead atoms. The fourth-order valence-electron chi connectivity index (χ4n) is 1.89. The van der Waals surface area contributed by atoms with E-state index in [1.54, 1.807) is 18.4 Å². The minimum atomic E-state index is -0.390. The van der Waals surface area contributed by atoms with E-state index >= 15 is 0 Å². The maximum atomic E-state index is 6.44. The highest BCUT2D eigenvalue weighted by molar-refractivity contribution is 9.10. The van der Waals surface area contributed by atoms with Gasteiger partial charge in [0.15, 0.2) is 0 Å². The summed E-state index contributed by atoms with van der Waals surface area (Å²) in [7, 11) is 1.67. The van der Waals surface area contributed by atoms with Crippen LogP contribution >= 0.6 is 27.3 Å². The summed E-state index contributed by atoms with van der Waals surface area (Å²) in [6.07, 6.45) is 0.816. The zero-order chi connectivity index (χ0) is 13.2. The molecular formula is C14H16BrNOS. The zero-order valence-corrected chi connectivity index (χ0v) is 12.8. The molecule has 18 heavy (non-hydrogen) atoms. The molecule has 1 aromatic carbocycles. The molecule has 0 aliphatic carbocycles. The molecule has 4 heteroatoms. The minimum Gasteiger partial charge on any atom is -0.497 e. The third kappa shape index (κ3) is 3.13. The summed E-state index contributed by atoms with van der Waals surface area (Å²) in [6.45, 7) is 2.05. The van der Waals surface area contributed by atoms with Crippen LogP contribution in [-0.2, 0) is 12.0 Å². The summed E-state index contributed by atoms with van der Waals surface area (Å²) >= 11 is 5.19. The molecule has 96 valence electrons. The molecule has 1 aromatic heterocycles. The Kier molecular flexibility index (Phi) is 4.10. The van der Waals surface area contributed by atoms with Crippen LogP contribution in [0.15, 0.2) is 40.2 Å². The fraction of sp³-hybridized carbons (Fsp3) is 0.286. The molecule has 0 amide bonds. The van der Waals surface area contributed by atoms with Crippen LogP contribution < -0.4 is 10.5 Å². The van der Waals surface area contributed by atoms with Crippen molar-refractivity contribution in [3.8, 4) is 5.75 Å². The van der Waals surface area contributed by atoms with E-state index in [-0.39, 0.29) is 0 Å². The van der Waals surface area contributed by atoms with E-state index in [1.165, 1.54) is 4.88 Å². The highest BCUT2D eigenvalue weighted by Gasteiger charge is 2.23. The molecule has 1 atom stereocenters. The first-order valence-corrected chi connectivity index (χ1v) is 7.35. The monoisotopic (exact) mass is 325 g/mol. The number of hydrogen-bond acceptors (Lipinski definition) is 3. The van der Waals surface area contributed by atoms with Crippen molar-refractivity contribution < 1.29 is 4.74 Å². The number of halogens is 1. The molecule has 0 saturated heterocycles. The van der Waals surface area contributed by atoms with Crippen LogP contribution in [0.4, 0.5) is 0 Å². The quantitative estimate of drug-likeness (QED) is 0.924. The van der Waals surface area contributed by atoms with E-state index < -0.39 is 5.54 Å². The predicted molar refractivity (Wildman–Crippen MR) is 80.3 cm³/mol. The van der Waals surface area contributed by atoms with Crippen LogP contribution in [0.5, 0.6) is 5.75 Å². The Hall–Kier alpha value is -0.840. The van der Waals surface area contributed by atoms with Crippen molar-refractivity contribution in [1.29, 1.82) is 0 Å². The second-order valence-electron chi connectivity index (χ2n) is 4.56. The summed E-state index contributed by atoms with van der Waals surface area (Å²) in [5, 5.41) is 2.08. The highest BCUT2D eigenvalue weighted by Crippen LogP contribution is 2.29. The normalized spacial score (nSPS) is 14.2. The Morgan fingerprint density at radius 3 is 2.78 bits per heavy atom. The summed E-state index contributed by atoms with van der Waals surface area (Å²) in [5.74, 6) is 0.844. The third-order valence-electron chi connectivity index (χ3n) is 2.89. The Morgan fingerprint density at radius 1 is 1.39 bits per heavy atom. The first kappa shape index (κ1) is 13.6. The lowest BCUT2D eigenvalue weighted by Crippen LogP contribution is -2.35. The van der Waals surface area contributed by atoms with Gasteiger partial charge in [-0.3, -0.25) is 0 Å². The van der Waals surface area contributed by atoms with Gasteiger partial charge in [-0.05, 0) is 46.6 Å². The number of benzene rings is 1. The highest BCUT2D eigenvalue weighted by atomic mass is 79.9. The molecule has 1 heterocycles. The van der Waals surface area contributed by atoms with E-state index in [0.717, 1.165) is 22.2 Å². The number of nitrogens with two attached hydrogens (primary N) is 1. The van der Waals surface area contributed by atoms with Crippen LogP contribution in [0.3, 0.4) is 0 Å². The summed E-state index contributed by atoms with van der Waals surface area (Å²) < 4.78 is 6.36. The molecule has 2 rings (SSSR count). The predicted octanol–water partition coefficient (Wildman–Crippen LogP) is 3.94. The Balaban J connectivity index is 2.23. The van der Waals surface area contributed by atoms with Gasteiger partial charge in [0.05, 0.1) is 7.11 Å². The van der Waals surface area contributed by atoms with Crippen molar-refractivity contribution in [2.45, 2.75) is 18.9 Å². The van der Waals surface area contributed by atoms with Gasteiger partial charge in [0, 0.05) is 26.7 Å². The van der Waals surface area contributed by atoms with Gasteiger partial charge < -0.3 is 10.5 Å². The molecule has 0 aliphatic heterocycles. The van der Waals surface area contributed by atoms with Crippen LogP contribution in [-0.4, -0.2) is 7.11 Å². The van der Waals surface area contributed by atoms with Crippen molar-refractivity contribution in [2.24, 2.45) is 5.73 Å². The second kappa shape index (κ2) is 5.43. The van der Waals surface area contributed by atoms with Crippen molar-refractivity contribution in [1.82, 2.24) is 0 Å². The number of methoxy groups -OCH3 is 1. The fourth-order valence-corrected chi connectivity index (χ4v) is 3.51. The van der Waals surface area contributed by atoms with Crippen molar-refractivity contribution in [3.63, 3.8) is 0 Å². The van der Waals surface area contributed by atoms with Crippen LogP contribution in [0.25, 0.3) is 0 Å². The largest absolute Gasteiger partial charge is 0.497 e. The standard InChI is InChI=1S/C14H16BrNOS/c1-14(16,8-13-7-11(15)9-18-13)10-4-3-5-12(6-10)17-2/h3-7,9H,8,16H2,1-2H3. The lowest BCUT2D eigenvalue weighted by Gasteiger charge is -2.25. The van der Waals surface area contributed by atoms with Crippen molar-refractivity contribution in [3.05, 3.63) is 50.6 Å². The van der Waals surface area contributed by atoms with Gasteiger partial charge in [-0.2, -0.15) is 0 Å². The Labute approximate surface area is 120 Å². The first-order chi connectivity index (χ1) is 8.51.